The van der Waals surface area contributed by atoms with Gasteiger partial charge in [-0.3, -0.25) is 19.8 Å². The number of amides is 1. The Labute approximate surface area is 182 Å². The number of aromatic nitrogens is 1. The van der Waals surface area contributed by atoms with Gasteiger partial charge in [0.05, 0.1) is 24.7 Å². The van der Waals surface area contributed by atoms with E-state index in [1.165, 1.54) is 0 Å². The summed E-state index contributed by atoms with van der Waals surface area (Å²) in [6.07, 6.45) is 2.05. The predicted octanol–water partition coefficient (Wildman–Crippen LogP) is 1.21. The Morgan fingerprint density at radius 3 is 2.39 bits per heavy atom. The Morgan fingerprint density at radius 1 is 1.06 bits per heavy atom. The summed E-state index contributed by atoms with van der Waals surface area (Å²) in [6.45, 7) is 9.86. The molecule has 3 aliphatic heterocycles. The third-order valence-corrected chi connectivity index (χ3v) is 6.54. The maximum Gasteiger partial charge on any atom is 0.311 e. The monoisotopic (exact) mass is 432 g/mol. The van der Waals surface area contributed by atoms with Crippen LogP contribution in [0.2, 0.25) is 0 Å². The van der Waals surface area contributed by atoms with Crippen molar-refractivity contribution >= 4 is 23.2 Å². The van der Waals surface area contributed by atoms with Gasteiger partial charge in [0, 0.05) is 58.4 Å². The molecule has 170 valence electrons. The van der Waals surface area contributed by atoms with Gasteiger partial charge in [0.1, 0.15) is 5.82 Å². The van der Waals surface area contributed by atoms with E-state index < -0.39 is 0 Å². The molecule has 4 rings (SSSR count). The molecule has 10 nitrogen and oxygen atoms in total. The second kappa shape index (κ2) is 9.78. The first-order valence-corrected chi connectivity index (χ1v) is 11.2. The van der Waals surface area contributed by atoms with Gasteiger partial charge in [-0.1, -0.05) is 6.92 Å². The number of piperidine rings is 1. The number of nitro groups is 1. The average Bonchev–Trinajstić information content (AvgIpc) is 2.80. The lowest BCUT2D eigenvalue weighted by atomic mass is 9.99. The zero-order valence-corrected chi connectivity index (χ0v) is 18.2. The molecule has 0 aliphatic carbocycles. The molecular formula is C21H32N6O4. The maximum absolute atomic E-state index is 12.5. The summed E-state index contributed by atoms with van der Waals surface area (Å²) in [6, 6.07) is 3.34. The third-order valence-electron chi connectivity index (χ3n) is 6.54. The Balaban J connectivity index is 1.38. The fourth-order valence-corrected chi connectivity index (χ4v) is 4.44. The van der Waals surface area contributed by atoms with E-state index in [9.17, 15) is 14.9 Å². The number of rotatable bonds is 5. The van der Waals surface area contributed by atoms with Gasteiger partial charge in [0.2, 0.25) is 11.7 Å². The number of hydrogen-bond donors (Lipinski definition) is 0. The first-order valence-electron chi connectivity index (χ1n) is 11.2. The summed E-state index contributed by atoms with van der Waals surface area (Å²) in [5.74, 6) is 2.07. The number of hydrogen-bond acceptors (Lipinski definition) is 8. The highest BCUT2D eigenvalue weighted by Gasteiger charge is 2.28. The molecular weight excluding hydrogens is 400 g/mol. The van der Waals surface area contributed by atoms with Gasteiger partial charge in [-0.25, -0.2) is 4.98 Å². The number of ether oxygens (including phenoxy) is 1. The van der Waals surface area contributed by atoms with Gasteiger partial charge < -0.3 is 19.4 Å². The van der Waals surface area contributed by atoms with Crippen LogP contribution >= 0.6 is 0 Å². The smallest absolute Gasteiger partial charge is 0.311 e. The van der Waals surface area contributed by atoms with Crippen molar-refractivity contribution in [1.82, 2.24) is 14.8 Å². The van der Waals surface area contributed by atoms with Gasteiger partial charge in [-0.2, -0.15) is 0 Å². The number of anilines is 2. The highest BCUT2D eigenvalue weighted by molar-refractivity contribution is 5.78. The number of pyridine rings is 1. The molecule has 1 aromatic rings. The summed E-state index contributed by atoms with van der Waals surface area (Å²) in [7, 11) is 0. The molecule has 10 heteroatoms. The molecule has 4 heterocycles. The van der Waals surface area contributed by atoms with Crippen molar-refractivity contribution in [3.05, 3.63) is 22.2 Å². The predicted molar refractivity (Wildman–Crippen MR) is 118 cm³/mol. The SMILES string of the molecule is CC1CCN(c2nc(N3CCN(CC(=O)N4CCOCC4)CC3)ccc2[N+](=O)[O-])CC1. The van der Waals surface area contributed by atoms with E-state index in [-0.39, 0.29) is 16.5 Å². The van der Waals surface area contributed by atoms with Crippen LogP contribution in [-0.4, -0.2) is 97.7 Å². The lowest BCUT2D eigenvalue weighted by Crippen LogP contribution is -2.51. The molecule has 0 N–H and O–H groups in total. The third kappa shape index (κ3) is 5.24. The Kier molecular flexibility index (Phi) is 6.86. The van der Waals surface area contributed by atoms with Gasteiger partial charge >= 0.3 is 5.69 Å². The van der Waals surface area contributed by atoms with Crippen LogP contribution in [0.25, 0.3) is 0 Å². The zero-order valence-electron chi connectivity index (χ0n) is 18.2. The summed E-state index contributed by atoms with van der Waals surface area (Å²) in [4.78, 5) is 36.7. The van der Waals surface area contributed by atoms with Crippen LogP contribution < -0.4 is 9.80 Å². The Morgan fingerprint density at radius 2 is 1.74 bits per heavy atom. The van der Waals surface area contributed by atoms with E-state index >= 15 is 0 Å². The first kappa shape index (κ1) is 21.8. The van der Waals surface area contributed by atoms with Crippen LogP contribution in [0.5, 0.6) is 0 Å². The van der Waals surface area contributed by atoms with Crippen molar-refractivity contribution in [3.63, 3.8) is 0 Å². The molecule has 3 fully saturated rings. The van der Waals surface area contributed by atoms with E-state index in [1.54, 1.807) is 12.1 Å². The van der Waals surface area contributed by atoms with Crippen LogP contribution in [0.3, 0.4) is 0 Å². The van der Waals surface area contributed by atoms with Crippen LogP contribution in [0.15, 0.2) is 12.1 Å². The molecule has 0 saturated carbocycles. The number of nitrogens with zero attached hydrogens (tertiary/aromatic N) is 6. The number of piperazine rings is 1. The summed E-state index contributed by atoms with van der Waals surface area (Å²) in [5.41, 5.74) is 0.0769. The van der Waals surface area contributed by atoms with Crippen molar-refractivity contribution in [2.24, 2.45) is 5.92 Å². The van der Waals surface area contributed by atoms with Gasteiger partial charge in [-0.15, -0.1) is 0 Å². The minimum Gasteiger partial charge on any atom is -0.378 e. The van der Waals surface area contributed by atoms with Crippen LogP contribution in [0.1, 0.15) is 19.8 Å². The molecule has 1 aromatic heterocycles. The quantitative estimate of drug-likeness (QED) is 0.506. The second-order valence-corrected chi connectivity index (χ2v) is 8.70. The largest absolute Gasteiger partial charge is 0.378 e. The van der Waals surface area contributed by atoms with Crippen LogP contribution in [-0.2, 0) is 9.53 Å². The van der Waals surface area contributed by atoms with Gasteiger partial charge in [0.15, 0.2) is 0 Å². The molecule has 0 unspecified atom stereocenters. The highest BCUT2D eigenvalue weighted by atomic mass is 16.6. The maximum atomic E-state index is 12.5. The van der Waals surface area contributed by atoms with Crippen molar-refractivity contribution < 1.29 is 14.5 Å². The average molecular weight is 433 g/mol. The molecule has 1 amide bonds. The van der Waals surface area contributed by atoms with E-state index in [0.29, 0.717) is 44.6 Å². The van der Waals surface area contributed by atoms with E-state index in [4.69, 9.17) is 9.72 Å². The van der Waals surface area contributed by atoms with Crippen LogP contribution in [0.4, 0.5) is 17.3 Å². The molecule has 0 radical (unpaired) electrons. The van der Waals surface area contributed by atoms with Gasteiger partial charge in [0.25, 0.3) is 0 Å². The normalized spacial score (nSPS) is 21.4. The molecule has 3 aliphatic rings. The van der Waals surface area contributed by atoms with E-state index in [0.717, 1.165) is 57.9 Å². The van der Waals surface area contributed by atoms with E-state index in [1.807, 2.05) is 4.90 Å². The lowest BCUT2D eigenvalue weighted by Gasteiger charge is -2.37. The molecule has 0 bridgehead atoms. The fourth-order valence-electron chi connectivity index (χ4n) is 4.44. The number of morpholine rings is 1. The first-order chi connectivity index (χ1) is 15.0. The summed E-state index contributed by atoms with van der Waals surface area (Å²) in [5, 5.41) is 11.6. The zero-order chi connectivity index (χ0) is 21.8. The molecule has 3 saturated heterocycles. The molecule has 31 heavy (non-hydrogen) atoms. The van der Waals surface area contributed by atoms with Crippen molar-refractivity contribution in [3.8, 4) is 0 Å². The topological polar surface area (TPSA) is 95.3 Å². The van der Waals surface area contributed by atoms with Crippen LogP contribution in [0, 0.1) is 16.0 Å². The van der Waals surface area contributed by atoms with Crippen molar-refractivity contribution in [1.29, 1.82) is 0 Å². The Bertz CT molecular complexity index is 784. The molecule has 0 atom stereocenters. The fraction of sp³-hybridized carbons (Fsp3) is 0.714. The molecule has 0 spiro atoms. The van der Waals surface area contributed by atoms with Gasteiger partial charge in [-0.05, 0) is 24.8 Å². The minimum atomic E-state index is -0.334. The summed E-state index contributed by atoms with van der Waals surface area (Å²) < 4.78 is 5.32. The number of carbonyl (C=O) groups is 1. The second-order valence-electron chi connectivity index (χ2n) is 8.70. The molecule has 0 aromatic carbocycles. The Hall–Kier alpha value is -2.46. The lowest BCUT2D eigenvalue weighted by molar-refractivity contribution is -0.384. The minimum absolute atomic E-state index is 0.0769. The summed E-state index contributed by atoms with van der Waals surface area (Å²) >= 11 is 0. The number of carbonyl (C=O) groups excluding carboxylic acids is 1. The van der Waals surface area contributed by atoms with Crippen molar-refractivity contribution in [2.75, 3.05) is 81.9 Å². The van der Waals surface area contributed by atoms with Crippen molar-refractivity contribution in [2.45, 2.75) is 19.8 Å². The highest BCUT2D eigenvalue weighted by Crippen LogP contribution is 2.32. The van der Waals surface area contributed by atoms with E-state index in [2.05, 4.69) is 21.6 Å². The standard InChI is InChI=1S/C21H32N6O4/c1-17-4-6-26(7-5-17)21-18(27(29)30)2-3-19(22-21)24-10-8-23(9-11-24)16-20(28)25-12-14-31-15-13-25/h2-3,17H,4-16H2,1H3.